The van der Waals surface area contributed by atoms with Crippen LogP contribution in [-0.2, 0) is 0 Å². The molecule has 1 aromatic rings. The summed E-state index contributed by atoms with van der Waals surface area (Å²) in [6.45, 7) is 6.60. The second kappa shape index (κ2) is 10.9. The molecule has 6 heteroatoms. The minimum atomic E-state index is 0. The average molecular weight is 374 g/mol. The van der Waals surface area contributed by atoms with Crippen molar-refractivity contribution in [3.8, 4) is 0 Å². The molecule has 1 aromatic carbocycles. The number of piperazine rings is 1. The standard InChI is InChI=1S/C15H22Cl2N2.2ClH/c1-2-3-4-15(19-9-7-18-8-10-19)12-5-6-13(16)14(17)11-12;;/h5-6,11,15,18H,2-4,7-10H2,1H3;2*1H/t15-;;/m0../s1. The summed E-state index contributed by atoms with van der Waals surface area (Å²) in [5.41, 5.74) is 1.30. The van der Waals surface area contributed by atoms with Crippen molar-refractivity contribution in [1.29, 1.82) is 0 Å². The first-order valence-corrected chi connectivity index (χ1v) is 7.87. The van der Waals surface area contributed by atoms with Gasteiger partial charge in [-0.3, -0.25) is 4.90 Å². The zero-order valence-corrected chi connectivity index (χ0v) is 15.4. The van der Waals surface area contributed by atoms with Gasteiger partial charge in [-0.05, 0) is 24.1 Å². The second-order valence-electron chi connectivity index (χ2n) is 5.12. The molecule has 0 saturated carbocycles. The molecule has 0 unspecified atom stereocenters. The molecular formula is C15H24Cl4N2. The van der Waals surface area contributed by atoms with Crippen molar-refractivity contribution in [3.05, 3.63) is 33.8 Å². The minimum absolute atomic E-state index is 0. The topological polar surface area (TPSA) is 15.3 Å². The summed E-state index contributed by atoms with van der Waals surface area (Å²) in [7, 11) is 0. The Morgan fingerprint density at radius 2 is 1.81 bits per heavy atom. The van der Waals surface area contributed by atoms with E-state index in [4.69, 9.17) is 23.2 Å². The molecule has 1 saturated heterocycles. The monoisotopic (exact) mass is 372 g/mol. The van der Waals surface area contributed by atoms with Gasteiger partial charge in [0.2, 0.25) is 0 Å². The number of hydrogen-bond donors (Lipinski definition) is 1. The predicted molar refractivity (Wildman–Crippen MR) is 97.7 cm³/mol. The summed E-state index contributed by atoms with van der Waals surface area (Å²) < 4.78 is 0. The summed E-state index contributed by atoms with van der Waals surface area (Å²) in [6, 6.07) is 6.54. The number of rotatable bonds is 5. The normalized spacial score (nSPS) is 16.7. The highest BCUT2D eigenvalue weighted by atomic mass is 35.5. The maximum atomic E-state index is 6.17. The molecule has 0 spiro atoms. The van der Waals surface area contributed by atoms with Crippen LogP contribution in [0.5, 0.6) is 0 Å². The van der Waals surface area contributed by atoms with E-state index in [1.807, 2.05) is 12.1 Å². The average Bonchev–Trinajstić information content (AvgIpc) is 2.44. The number of nitrogens with one attached hydrogen (secondary N) is 1. The van der Waals surface area contributed by atoms with Crippen molar-refractivity contribution >= 4 is 48.0 Å². The highest BCUT2D eigenvalue weighted by Crippen LogP contribution is 2.31. The van der Waals surface area contributed by atoms with Gasteiger partial charge in [0.05, 0.1) is 10.0 Å². The molecule has 1 N–H and O–H groups in total. The van der Waals surface area contributed by atoms with E-state index < -0.39 is 0 Å². The van der Waals surface area contributed by atoms with Crippen LogP contribution in [-0.4, -0.2) is 31.1 Å². The first kappa shape index (κ1) is 21.3. The van der Waals surface area contributed by atoms with E-state index in [1.165, 1.54) is 24.8 Å². The van der Waals surface area contributed by atoms with Crippen molar-refractivity contribution < 1.29 is 0 Å². The molecule has 1 atom stereocenters. The Labute approximate surface area is 150 Å². The van der Waals surface area contributed by atoms with Gasteiger partial charge in [0, 0.05) is 32.2 Å². The molecule has 0 radical (unpaired) electrons. The molecule has 0 bridgehead atoms. The lowest BCUT2D eigenvalue weighted by atomic mass is 9.99. The fraction of sp³-hybridized carbons (Fsp3) is 0.600. The van der Waals surface area contributed by atoms with Gasteiger partial charge < -0.3 is 5.32 Å². The second-order valence-corrected chi connectivity index (χ2v) is 5.93. The minimum Gasteiger partial charge on any atom is -0.314 e. The molecule has 1 aliphatic rings. The van der Waals surface area contributed by atoms with E-state index in [9.17, 15) is 0 Å². The number of benzene rings is 1. The third-order valence-corrected chi connectivity index (χ3v) is 4.49. The molecule has 0 amide bonds. The lowest BCUT2D eigenvalue weighted by Crippen LogP contribution is -2.45. The maximum absolute atomic E-state index is 6.17. The van der Waals surface area contributed by atoms with Crippen LogP contribution in [0.15, 0.2) is 18.2 Å². The van der Waals surface area contributed by atoms with Crippen LogP contribution < -0.4 is 5.32 Å². The Bertz CT molecular complexity index is 409. The highest BCUT2D eigenvalue weighted by Gasteiger charge is 2.22. The van der Waals surface area contributed by atoms with Crippen LogP contribution in [0.3, 0.4) is 0 Å². The van der Waals surface area contributed by atoms with E-state index in [0.717, 1.165) is 26.2 Å². The van der Waals surface area contributed by atoms with Crippen LogP contribution in [0.4, 0.5) is 0 Å². The van der Waals surface area contributed by atoms with Crippen molar-refractivity contribution in [3.63, 3.8) is 0 Å². The fourth-order valence-electron chi connectivity index (χ4n) is 2.67. The summed E-state index contributed by atoms with van der Waals surface area (Å²) in [6.07, 6.45) is 3.66. The summed E-state index contributed by atoms with van der Waals surface area (Å²) >= 11 is 12.2. The van der Waals surface area contributed by atoms with Crippen LogP contribution >= 0.6 is 48.0 Å². The van der Waals surface area contributed by atoms with E-state index in [1.54, 1.807) is 0 Å². The zero-order chi connectivity index (χ0) is 13.7. The number of unbranched alkanes of at least 4 members (excludes halogenated alkanes) is 1. The van der Waals surface area contributed by atoms with Crippen LogP contribution in [0.2, 0.25) is 10.0 Å². The molecule has 0 aliphatic carbocycles. The smallest absolute Gasteiger partial charge is 0.0595 e. The van der Waals surface area contributed by atoms with E-state index in [-0.39, 0.29) is 24.8 Å². The van der Waals surface area contributed by atoms with Crippen molar-refractivity contribution in [2.45, 2.75) is 32.2 Å². The summed E-state index contributed by atoms with van der Waals surface area (Å²) in [5, 5.41) is 4.71. The molecular weight excluding hydrogens is 350 g/mol. The van der Waals surface area contributed by atoms with Gasteiger partial charge in [0.15, 0.2) is 0 Å². The lowest BCUT2D eigenvalue weighted by Gasteiger charge is -2.35. The molecule has 1 aliphatic heterocycles. The van der Waals surface area contributed by atoms with Gasteiger partial charge in [-0.25, -0.2) is 0 Å². The van der Waals surface area contributed by atoms with Gasteiger partial charge in [0.1, 0.15) is 0 Å². The third kappa shape index (κ3) is 6.13. The molecule has 2 nitrogen and oxygen atoms in total. The van der Waals surface area contributed by atoms with Crippen molar-refractivity contribution in [2.24, 2.45) is 0 Å². The van der Waals surface area contributed by atoms with Crippen LogP contribution in [0, 0.1) is 0 Å². The molecule has 0 aromatic heterocycles. The van der Waals surface area contributed by atoms with Crippen LogP contribution in [0.1, 0.15) is 37.8 Å². The van der Waals surface area contributed by atoms with Gasteiger partial charge in [-0.15, -0.1) is 24.8 Å². The van der Waals surface area contributed by atoms with E-state index >= 15 is 0 Å². The predicted octanol–water partition coefficient (Wildman–Crippen LogP) is 4.97. The van der Waals surface area contributed by atoms with Gasteiger partial charge >= 0.3 is 0 Å². The van der Waals surface area contributed by atoms with Crippen molar-refractivity contribution in [1.82, 2.24) is 10.2 Å². The van der Waals surface area contributed by atoms with E-state index in [0.29, 0.717) is 16.1 Å². The fourth-order valence-corrected chi connectivity index (χ4v) is 2.98. The summed E-state index contributed by atoms with van der Waals surface area (Å²) in [5.74, 6) is 0. The lowest BCUT2D eigenvalue weighted by molar-refractivity contribution is 0.163. The number of hydrogen-bond acceptors (Lipinski definition) is 2. The van der Waals surface area contributed by atoms with Crippen LogP contribution in [0.25, 0.3) is 0 Å². The molecule has 1 fully saturated rings. The Kier molecular flexibility index (Phi) is 11.1. The highest BCUT2D eigenvalue weighted by molar-refractivity contribution is 6.42. The first-order valence-electron chi connectivity index (χ1n) is 7.12. The molecule has 1 heterocycles. The Balaban J connectivity index is 0.00000200. The SMILES string of the molecule is CCCC[C@@H](c1ccc(Cl)c(Cl)c1)N1CCNCC1.Cl.Cl. The van der Waals surface area contributed by atoms with E-state index in [2.05, 4.69) is 23.2 Å². The summed E-state index contributed by atoms with van der Waals surface area (Å²) in [4.78, 5) is 2.56. The molecule has 2 rings (SSSR count). The van der Waals surface area contributed by atoms with Crippen molar-refractivity contribution in [2.75, 3.05) is 26.2 Å². The molecule has 122 valence electrons. The number of nitrogens with zero attached hydrogens (tertiary/aromatic N) is 1. The largest absolute Gasteiger partial charge is 0.314 e. The maximum Gasteiger partial charge on any atom is 0.0595 e. The van der Waals surface area contributed by atoms with Gasteiger partial charge in [-0.1, -0.05) is 49.0 Å². The number of halogens is 4. The quantitative estimate of drug-likeness (QED) is 0.783. The van der Waals surface area contributed by atoms with Gasteiger partial charge in [-0.2, -0.15) is 0 Å². The third-order valence-electron chi connectivity index (χ3n) is 3.75. The Morgan fingerprint density at radius 3 is 2.38 bits per heavy atom. The zero-order valence-electron chi connectivity index (χ0n) is 12.3. The van der Waals surface area contributed by atoms with Gasteiger partial charge in [0.25, 0.3) is 0 Å². The molecule has 21 heavy (non-hydrogen) atoms. The first-order chi connectivity index (χ1) is 9.22. The Morgan fingerprint density at radius 1 is 1.14 bits per heavy atom. The Hall–Kier alpha value is 0.300.